The molecule has 3 rings (SSSR count). The van der Waals surface area contributed by atoms with Crippen molar-refractivity contribution >= 4 is 18.7 Å². The highest BCUT2D eigenvalue weighted by molar-refractivity contribution is 6.40. The fourth-order valence-electron chi connectivity index (χ4n) is 3.80. The Kier molecular flexibility index (Phi) is 7.06. The van der Waals surface area contributed by atoms with E-state index in [2.05, 4.69) is 4.90 Å². The van der Waals surface area contributed by atoms with Gasteiger partial charge in [-0.15, -0.1) is 0 Å². The van der Waals surface area contributed by atoms with Crippen molar-refractivity contribution in [3.05, 3.63) is 22.7 Å². The van der Waals surface area contributed by atoms with Gasteiger partial charge in [-0.3, -0.25) is 4.90 Å². The minimum Gasteiger partial charge on any atom is -0.454 e. The minimum atomic E-state index is -1.20. The highest BCUT2D eigenvalue weighted by Crippen LogP contribution is 2.37. The molecule has 26 heavy (non-hydrogen) atoms. The molecule has 8 heteroatoms. The van der Waals surface area contributed by atoms with Crippen molar-refractivity contribution in [1.29, 1.82) is 0 Å². The summed E-state index contributed by atoms with van der Waals surface area (Å²) >= 11 is 6.38. The molecule has 1 aromatic rings. The molecule has 1 saturated heterocycles. The third-order valence-corrected chi connectivity index (χ3v) is 5.77. The maximum absolute atomic E-state index is 8.88. The fourth-order valence-corrected chi connectivity index (χ4v) is 4.02. The number of halogens is 1. The number of piperidine rings is 1. The Morgan fingerprint density at radius 1 is 1.19 bits per heavy atom. The predicted molar refractivity (Wildman–Crippen MR) is 102 cm³/mol. The second-order valence-electron chi connectivity index (χ2n) is 7.34. The van der Waals surface area contributed by atoms with Gasteiger partial charge >= 0.3 is 7.12 Å². The van der Waals surface area contributed by atoms with Crippen LogP contribution in [0.5, 0.6) is 11.5 Å². The van der Waals surface area contributed by atoms with Gasteiger partial charge in [-0.05, 0) is 56.2 Å². The lowest BCUT2D eigenvalue weighted by atomic mass is 9.82. The van der Waals surface area contributed by atoms with E-state index in [1.54, 1.807) is 0 Å². The lowest BCUT2D eigenvalue weighted by molar-refractivity contribution is 0.159. The van der Waals surface area contributed by atoms with Crippen LogP contribution in [-0.2, 0) is 6.54 Å². The summed E-state index contributed by atoms with van der Waals surface area (Å²) in [5.41, 5.74) is 7.42. The SMILES string of the molecule is NC(CCCCB(O)O)C1CCN(Cc2cc3c(cc2Cl)OCO3)CC1. The highest BCUT2D eigenvalue weighted by atomic mass is 35.5. The van der Waals surface area contributed by atoms with Crippen LogP contribution in [0.4, 0.5) is 0 Å². The van der Waals surface area contributed by atoms with Crippen molar-refractivity contribution in [3.63, 3.8) is 0 Å². The number of ether oxygens (including phenoxy) is 2. The molecule has 1 fully saturated rings. The molecule has 0 saturated carbocycles. The van der Waals surface area contributed by atoms with Crippen LogP contribution in [0.1, 0.15) is 37.7 Å². The van der Waals surface area contributed by atoms with Gasteiger partial charge < -0.3 is 25.3 Å². The number of benzene rings is 1. The van der Waals surface area contributed by atoms with Crippen molar-refractivity contribution < 1.29 is 19.5 Å². The highest BCUT2D eigenvalue weighted by Gasteiger charge is 2.25. The van der Waals surface area contributed by atoms with Crippen molar-refractivity contribution in [2.24, 2.45) is 11.7 Å². The maximum Gasteiger partial charge on any atom is 0.451 e. The van der Waals surface area contributed by atoms with Crippen molar-refractivity contribution in [2.75, 3.05) is 19.9 Å². The monoisotopic (exact) mass is 382 g/mol. The first-order valence-corrected chi connectivity index (χ1v) is 9.83. The van der Waals surface area contributed by atoms with Gasteiger partial charge in [0.05, 0.1) is 0 Å². The van der Waals surface area contributed by atoms with Crippen LogP contribution in [-0.4, -0.2) is 48.0 Å². The first-order chi connectivity index (χ1) is 12.5. The molecule has 2 aliphatic rings. The molecular formula is C18H28BClN2O4. The number of rotatable bonds is 8. The number of nitrogens with two attached hydrogens (primary N) is 1. The Hall–Kier alpha value is -0.985. The van der Waals surface area contributed by atoms with E-state index in [1.807, 2.05) is 12.1 Å². The quantitative estimate of drug-likeness (QED) is 0.472. The molecule has 0 aliphatic carbocycles. The molecule has 0 aromatic heterocycles. The molecule has 1 atom stereocenters. The smallest absolute Gasteiger partial charge is 0.451 e. The Balaban J connectivity index is 1.42. The van der Waals surface area contributed by atoms with Gasteiger partial charge in [-0.1, -0.05) is 24.4 Å². The average Bonchev–Trinajstić information content (AvgIpc) is 3.06. The number of hydrogen-bond acceptors (Lipinski definition) is 6. The van der Waals surface area contributed by atoms with E-state index in [-0.39, 0.29) is 12.8 Å². The second-order valence-corrected chi connectivity index (χ2v) is 7.75. The Bertz CT molecular complexity index is 597. The summed E-state index contributed by atoms with van der Waals surface area (Å²) < 4.78 is 10.8. The summed E-state index contributed by atoms with van der Waals surface area (Å²) in [5.74, 6) is 2.03. The Morgan fingerprint density at radius 2 is 1.88 bits per heavy atom. The molecule has 2 aliphatic heterocycles. The van der Waals surface area contributed by atoms with E-state index in [4.69, 9.17) is 36.9 Å². The van der Waals surface area contributed by atoms with Gasteiger partial charge in [-0.2, -0.15) is 0 Å². The van der Waals surface area contributed by atoms with Crippen molar-refractivity contribution in [1.82, 2.24) is 4.90 Å². The summed E-state index contributed by atoms with van der Waals surface area (Å²) in [6.45, 7) is 3.10. The standard InChI is InChI=1S/C18H28BClN2O4/c20-15-10-18-17(25-12-26-18)9-14(15)11-22-7-4-13(5-8-22)16(21)3-1-2-6-19(23)24/h9-10,13,16,23-24H,1-8,11-12,21H2. The maximum atomic E-state index is 8.88. The average molecular weight is 383 g/mol. The molecule has 4 N–H and O–H groups in total. The molecule has 2 heterocycles. The largest absolute Gasteiger partial charge is 0.454 e. The van der Waals surface area contributed by atoms with Crippen LogP contribution in [0.25, 0.3) is 0 Å². The van der Waals surface area contributed by atoms with E-state index in [0.717, 1.165) is 73.8 Å². The van der Waals surface area contributed by atoms with Crippen LogP contribution in [0, 0.1) is 5.92 Å². The van der Waals surface area contributed by atoms with Gasteiger partial charge in [0.25, 0.3) is 0 Å². The van der Waals surface area contributed by atoms with Crippen LogP contribution < -0.4 is 15.2 Å². The Morgan fingerprint density at radius 3 is 2.58 bits per heavy atom. The molecule has 0 bridgehead atoms. The van der Waals surface area contributed by atoms with E-state index >= 15 is 0 Å². The number of unbranched alkanes of at least 4 members (excludes halogenated alkanes) is 1. The number of hydrogen-bond donors (Lipinski definition) is 3. The molecule has 0 spiro atoms. The molecule has 0 amide bonds. The first-order valence-electron chi connectivity index (χ1n) is 9.45. The molecule has 1 unspecified atom stereocenters. The Labute approximate surface area is 160 Å². The van der Waals surface area contributed by atoms with Crippen molar-refractivity contribution in [2.45, 2.75) is 51.0 Å². The number of fused-ring (bicyclic) bond motifs is 1. The summed E-state index contributed by atoms with van der Waals surface area (Å²) in [5, 5.41) is 18.5. The van der Waals surface area contributed by atoms with Crippen LogP contribution in [0.15, 0.2) is 12.1 Å². The molecule has 1 aromatic carbocycles. The van der Waals surface area contributed by atoms with E-state index < -0.39 is 7.12 Å². The zero-order valence-electron chi connectivity index (χ0n) is 15.1. The summed E-state index contributed by atoms with van der Waals surface area (Å²) in [4.78, 5) is 2.41. The van der Waals surface area contributed by atoms with Crippen LogP contribution >= 0.6 is 11.6 Å². The topological polar surface area (TPSA) is 88.2 Å². The van der Waals surface area contributed by atoms with E-state index in [1.165, 1.54) is 0 Å². The van der Waals surface area contributed by atoms with E-state index in [9.17, 15) is 0 Å². The van der Waals surface area contributed by atoms with Crippen molar-refractivity contribution in [3.8, 4) is 11.5 Å². The second kappa shape index (κ2) is 9.28. The first kappa shape index (κ1) is 19.8. The molecule has 144 valence electrons. The van der Waals surface area contributed by atoms with Crippen LogP contribution in [0.2, 0.25) is 11.3 Å². The zero-order valence-corrected chi connectivity index (χ0v) is 15.8. The summed E-state index contributed by atoms with van der Waals surface area (Å²) in [6, 6.07) is 4.02. The third-order valence-electron chi connectivity index (χ3n) is 5.42. The summed E-state index contributed by atoms with van der Waals surface area (Å²) in [7, 11) is -1.20. The van der Waals surface area contributed by atoms with Crippen LogP contribution in [0.3, 0.4) is 0 Å². The van der Waals surface area contributed by atoms with Gasteiger partial charge in [0.1, 0.15) is 0 Å². The fraction of sp³-hybridized carbons (Fsp3) is 0.667. The number of nitrogens with zero attached hydrogens (tertiary/aromatic N) is 1. The molecular weight excluding hydrogens is 354 g/mol. The van der Waals surface area contributed by atoms with Gasteiger partial charge in [0.2, 0.25) is 6.79 Å². The van der Waals surface area contributed by atoms with Gasteiger partial charge in [0.15, 0.2) is 11.5 Å². The molecule has 0 radical (unpaired) electrons. The normalized spacial score (nSPS) is 18.9. The number of likely N-dealkylation sites (tertiary alicyclic amines) is 1. The predicted octanol–water partition coefficient (Wildman–Crippen LogP) is 2.25. The minimum absolute atomic E-state index is 0.196. The lowest BCUT2D eigenvalue weighted by Gasteiger charge is -2.35. The zero-order chi connectivity index (χ0) is 18.5. The van der Waals surface area contributed by atoms with Gasteiger partial charge in [0, 0.05) is 23.7 Å². The third kappa shape index (κ3) is 5.27. The van der Waals surface area contributed by atoms with Gasteiger partial charge in [-0.25, -0.2) is 0 Å². The molecule has 6 nitrogen and oxygen atoms in total. The van der Waals surface area contributed by atoms with E-state index in [0.29, 0.717) is 12.2 Å². The lowest BCUT2D eigenvalue weighted by Crippen LogP contribution is -2.40. The summed E-state index contributed by atoms with van der Waals surface area (Å²) in [6.07, 6.45) is 5.32.